The number of hydrogen-bond donors (Lipinski definition) is 2. The summed E-state index contributed by atoms with van der Waals surface area (Å²) in [6.07, 6.45) is 2.91. The number of aromatic nitrogens is 2. The van der Waals surface area contributed by atoms with Crippen molar-refractivity contribution in [1.82, 2.24) is 14.5 Å². The van der Waals surface area contributed by atoms with Gasteiger partial charge in [-0.25, -0.2) is 22.2 Å². The van der Waals surface area contributed by atoms with Gasteiger partial charge in [0.1, 0.15) is 5.82 Å². The Kier molecular flexibility index (Phi) is 6.13. The van der Waals surface area contributed by atoms with Gasteiger partial charge >= 0.3 is 0 Å². The van der Waals surface area contributed by atoms with Gasteiger partial charge in [-0.1, -0.05) is 36.4 Å². The maximum absolute atomic E-state index is 13.3. The van der Waals surface area contributed by atoms with E-state index in [1.54, 1.807) is 23.0 Å². The van der Waals surface area contributed by atoms with Gasteiger partial charge in [-0.15, -0.1) is 0 Å². The van der Waals surface area contributed by atoms with Gasteiger partial charge in [0, 0.05) is 23.1 Å². The van der Waals surface area contributed by atoms with Crippen molar-refractivity contribution in [1.29, 1.82) is 0 Å². The topological polar surface area (TPSA) is 64.0 Å². The van der Waals surface area contributed by atoms with Gasteiger partial charge in [0.25, 0.3) is 0 Å². The molecular weight excluding hydrogens is 433 g/mol. The quantitative estimate of drug-likeness (QED) is 0.412. The van der Waals surface area contributed by atoms with E-state index in [1.165, 1.54) is 12.1 Å². The molecule has 0 unspecified atom stereocenters. The number of nitrogens with zero attached hydrogens (tertiary/aromatic N) is 2. The minimum atomic E-state index is -3.42. The zero-order valence-corrected chi connectivity index (χ0v) is 18.5. The molecule has 0 aliphatic carbocycles. The molecule has 0 amide bonds. The van der Waals surface area contributed by atoms with E-state index in [0.29, 0.717) is 5.75 Å². The summed E-state index contributed by atoms with van der Waals surface area (Å²) >= 11 is 4.43. The third-order valence-electron chi connectivity index (χ3n) is 5.15. The number of sulfonamides is 1. The van der Waals surface area contributed by atoms with Crippen LogP contribution in [0.4, 0.5) is 4.39 Å². The molecule has 0 aliphatic rings. The third kappa shape index (κ3) is 4.81. The first kappa shape index (κ1) is 21.5. The minimum Gasteiger partial charge on any atom is -0.233 e. The number of rotatable bonds is 7. The fourth-order valence-electron chi connectivity index (χ4n) is 3.84. The number of hydrogen-bond acceptors (Lipinski definition) is 4. The molecule has 0 spiro atoms. The Morgan fingerprint density at radius 2 is 1.74 bits per heavy atom. The van der Waals surface area contributed by atoms with Crippen LogP contribution in [0.3, 0.4) is 0 Å². The molecule has 160 valence electrons. The van der Waals surface area contributed by atoms with Gasteiger partial charge in [0.15, 0.2) is 0 Å². The smallest absolute Gasteiger partial charge is 0.209 e. The second-order valence-electron chi connectivity index (χ2n) is 7.42. The molecule has 0 fully saturated rings. The van der Waals surface area contributed by atoms with Crippen molar-refractivity contribution < 1.29 is 12.8 Å². The van der Waals surface area contributed by atoms with E-state index in [2.05, 4.69) is 22.4 Å². The molecule has 4 aromatic rings. The normalized spacial score (nSPS) is 13.9. The highest BCUT2D eigenvalue weighted by molar-refractivity contribution is 7.88. The Morgan fingerprint density at radius 3 is 2.39 bits per heavy atom. The van der Waals surface area contributed by atoms with Crippen molar-refractivity contribution in [2.45, 2.75) is 12.0 Å². The lowest BCUT2D eigenvalue weighted by Crippen LogP contribution is -2.40. The molecule has 4 rings (SSSR count). The zero-order chi connectivity index (χ0) is 22.0. The van der Waals surface area contributed by atoms with Crippen LogP contribution in [0.1, 0.15) is 17.0 Å². The SMILES string of the molecule is CS(=O)(=O)N[C@H](CS)[C@H](c1ccccc1)c1ccc2c(cnn2-c2ccc(F)cc2)c1. The van der Waals surface area contributed by atoms with Crippen LogP contribution in [0.15, 0.2) is 79.0 Å². The maximum atomic E-state index is 13.3. The summed E-state index contributed by atoms with van der Waals surface area (Å²) in [5, 5.41) is 5.36. The summed E-state index contributed by atoms with van der Waals surface area (Å²) in [6.45, 7) is 0. The van der Waals surface area contributed by atoms with Gasteiger partial charge in [-0.3, -0.25) is 0 Å². The first-order chi connectivity index (χ1) is 14.9. The molecule has 1 N–H and O–H groups in total. The number of benzene rings is 3. The first-order valence-electron chi connectivity index (χ1n) is 9.72. The summed E-state index contributed by atoms with van der Waals surface area (Å²) in [7, 11) is -3.42. The van der Waals surface area contributed by atoms with Crippen LogP contribution in [0, 0.1) is 5.82 Å². The number of fused-ring (bicyclic) bond motifs is 1. The van der Waals surface area contributed by atoms with E-state index < -0.39 is 16.1 Å². The van der Waals surface area contributed by atoms with Crippen LogP contribution in [0.2, 0.25) is 0 Å². The second-order valence-corrected chi connectivity index (χ2v) is 9.56. The molecular formula is C23H22FN3O2S2. The molecule has 1 aromatic heterocycles. The fraction of sp³-hybridized carbons (Fsp3) is 0.174. The van der Waals surface area contributed by atoms with Crippen LogP contribution in [-0.2, 0) is 10.0 Å². The van der Waals surface area contributed by atoms with Gasteiger partial charge in [0.05, 0.1) is 23.7 Å². The molecule has 2 atom stereocenters. The molecule has 8 heteroatoms. The minimum absolute atomic E-state index is 0.230. The molecule has 0 saturated carbocycles. The van der Waals surface area contributed by atoms with E-state index >= 15 is 0 Å². The van der Waals surface area contributed by atoms with E-state index in [0.717, 1.165) is 34.0 Å². The Bertz CT molecular complexity index is 1290. The van der Waals surface area contributed by atoms with Gasteiger partial charge in [-0.05, 0) is 47.5 Å². The van der Waals surface area contributed by atoms with E-state index in [1.807, 2.05) is 48.5 Å². The average molecular weight is 456 g/mol. The summed E-state index contributed by atoms with van der Waals surface area (Å²) in [5.41, 5.74) is 3.58. The summed E-state index contributed by atoms with van der Waals surface area (Å²) in [6, 6.07) is 21.4. The zero-order valence-electron chi connectivity index (χ0n) is 16.8. The largest absolute Gasteiger partial charge is 0.233 e. The second kappa shape index (κ2) is 8.82. The molecule has 31 heavy (non-hydrogen) atoms. The molecule has 1 heterocycles. The third-order valence-corrected chi connectivity index (χ3v) is 6.27. The van der Waals surface area contributed by atoms with Crippen molar-refractivity contribution in [2.75, 3.05) is 12.0 Å². The van der Waals surface area contributed by atoms with Crippen molar-refractivity contribution in [2.24, 2.45) is 0 Å². The summed E-state index contributed by atoms with van der Waals surface area (Å²) in [5.74, 6) is -0.198. The monoisotopic (exact) mass is 455 g/mol. The maximum Gasteiger partial charge on any atom is 0.209 e. The fourth-order valence-corrected chi connectivity index (χ4v) is 5.03. The lowest BCUT2D eigenvalue weighted by Gasteiger charge is -2.27. The van der Waals surface area contributed by atoms with Crippen LogP contribution in [-0.4, -0.2) is 36.2 Å². The lowest BCUT2D eigenvalue weighted by molar-refractivity contribution is 0.548. The Morgan fingerprint density at radius 1 is 1.03 bits per heavy atom. The number of halogens is 1. The van der Waals surface area contributed by atoms with Crippen molar-refractivity contribution in [3.63, 3.8) is 0 Å². The Labute approximate surface area is 186 Å². The Hall–Kier alpha value is -2.68. The molecule has 0 aliphatic heterocycles. The van der Waals surface area contributed by atoms with Crippen LogP contribution >= 0.6 is 12.6 Å². The van der Waals surface area contributed by atoms with Crippen molar-refractivity contribution in [3.8, 4) is 5.69 Å². The van der Waals surface area contributed by atoms with E-state index in [4.69, 9.17) is 0 Å². The molecule has 3 aromatic carbocycles. The van der Waals surface area contributed by atoms with Crippen LogP contribution < -0.4 is 4.72 Å². The van der Waals surface area contributed by atoms with E-state index in [9.17, 15) is 12.8 Å². The molecule has 0 saturated heterocycles. The highest BCUT2D eigenvalue weighted by Crippen LogP contribution is 2.32. The Balaban J connectivity index is 1.79. The van der Waals surface area contributed by atoms with Crippen molar-refractivity contribution in [3.05, 3.63) is 95.9 Å². The summed E-state index contributed by atoms with van der Waals surface area (Å²) in [4.78, 5) is 0. The highest BCUT2D eigenvalue weighted by atomic mass is 32.2. The predicted molar refractivity (Wildman–Crippen MR) is 125 cm³/mol. The highest BCUT2D eigenvalue weighted by Gasteiger charge is 2.27. The van der Waals surface area contributed by atoms with Gasteiger partial charge in [0.2, 0.25) is 10.0 Å². The predicted octanol–water partition coefficient (Wildman–Crippen LogP) is 4.14. The number of thiol groups is 1. The van der Waals surface area contributed by atoms with Gasteiger partial charge < -0.3 is 0 Å². The van der Waals surface area contributed by atoms with E-state index in [-0.39, 0.29) is 11.7 Å². The molecule has 5 nitrogen and oxygen atoms in total. The van der Waals surface area contributed by atoms with Crippen LogP contribution in [0.25, 0.3) is 16.6 Å². The molecule has 0 radical (unpaired) electrons. The summed E-state index contributed by atoms with van der Waals surface area (Å²) < 4.78 is 41.7. The lowest BCUT2D eigenvalue weighted by atomic mass is 9.85. The van der Waals surface area contributed by atoms with Crippen molar-refractivity contribution >= 4 is 33.6 Å². The first-order valence-corrected chi connectivity index (χ1v) is 12.2. The standard InChI is InChI=1S/C23H22FN3O2S2/c1-31(28,29)26-21(15-30)23(16-5-3-2-4-6-16)17-7-12-22-18(13-17)14-25-27(22)20-10-8-19(24)9-11-20/h2-14,21,23,26,30H,15H2,1H3/t21-,23-/m1/s1. The number of nitrogens with one attached hydrogen (secondary N) is 1. The average Bonchev–Trinajstić information content (AvgIpc) is 3.17. The van der Waals surface area contributed by atoms with Crippen LogP contribution in [0.5, 0.6) is 0 Å². The molecule has 0 bridgehead atoms. The van der Waals surface area contributed by atoms with Gasteiger partial charge in [-0.2, -0.15) is 17.7 Å².